The number of carbonyl (C=O) groups is 1. The van der Waals surface area contributed by atoms with Gasteiger partial charge in [-0.05, 0) is 25.1 Å². The number of aromatic nitrogens is 2. The molecule has 0 unspecified atom stereocenters. The Morgan fingerprint density at radius 3 is 2.95 bits per heavy atom. The molecule has 0 aliphatic rings. The summed E-state index contributed by atoms with van der Waals surface area (Å²) in [5.41, 5.74) is 0.181. The monoisotopic (exact) mass is 320 g/mol. The first-order valence-corrected chi connectivity index (χ1v) is 7.69. The first-order valence-electron chi connectivity index (χ1n) is 6.21. The van der Waals surface area contributed by atoms with Crippen LogP contribution in [0, 0.1) is 11.3 Å². The molecule has 1 aromatic heterocycles. The number of nitriles is 1. The highest BCUT2D eigenvalue weighted by Crippen LogP contribution is 2.19. The van der Waals surface area contributed by atoms with Gasteiger partial charge in [0.2, 0.25) is 0 Å². The summed E-state index contributed by atoms with van der Waals surface area (Å²) >= 11 is 0. The lowest BCUT2D eigenvalue weighted by Crippen LogP contribution is -2.16. The average Bonchev–Trinajstić information content (AvgIpc) is 2.95. The van der Waals surface area contributed by atoms with Gasteiger partial charge in [0, 0.05) is 0 Å². The van der Waals surface area contributed by atoms with Gasteiger partial charge in [0.25, 0.3) is 10.0 Å². The van der Waals surface area contributed by atoms with Crippen molar-refractivity contribution >= 4 is 21.8 Å². The number of hydrogen-bond donors (Lipinski definition) is 2. The minimum absolute atomic E-state index is 0.0261. The molecule has 0 radical (unpaired) electrons. The number of benzene rings is 1. The van der Waals surface area contributed by atoms with Gasteiger partial charge >= 0.3 is 5.97 Å². The summed E-state index contributed by atoms with van der Waals surface area (Å²) in [7, 11) is -3.97. The number of ether oxygens (including phenoxy) is 1. The van der Waals surface area contributed by atoms with Gasteiger partial charge in [0.15, 0.2) is 0 Å². The topological polar surface area (TPSA) is 125 Å². The molecule has 0 bridgehead atoms. The molecule has 0 spiro atoms. The Labute approximate surface area is 126 Å². The first kappa shape index (κ1) is 15.5. The predicted octanol–water partition coefficient (Wildman–Crippen LogP) is 1.26. The van der Waals surface area contributed by atoms with Gasteiger partial charge in [-0.3, -0.25) is 9.82 Å². The standard InChI is InChI=1S/C13H12N4O4S/c1-2-21-13(18)11-8-15-16-12(11)17-22(19,20)10-5-3-4-9(6-10)7-14/h3-6,8H,2H2,1H3,(H2,15,16,17). The molecule has 2 N–H and O–H groups in total. The molecule has 1 aromatic carbocycles. The number of anilines is 1. The second-order valence-corrected chi connectivity index (χ2v) is 5.81. The lowest BCUT2D eigenvalue weighted by atomic mass is 10.2. The lowest BCUT2D eigenvalue weighted by Gasteiger charge is -2.08. The van der Waals surface area contributed by atoms with Gasteiger partial charge in [0.05, 0.1) is 29.3 Å². The summed E-state index contributed by atoms with van der Waals surface area (Å²) in [5.74, 6) is -0.791. The number of hydrogen-bond acceptors (Lipinski definition) is 6. The summed E-state index contributed by atoms with van der Waals surface area (Å²) in [6, 6.07) is 7.36. The predicted molar refractivity (Wildman–Crippen MR) is 76.5 cm³/mol. The van der Waals surface area contributed by atoms with Crippen molar-refractivity contribution in [2.24, 2.45) is 0 Å². The quantitative estimate of drug-likeness (QED) is 0.799. The van der Waals surface area contributed by atoms with Crippen LogP contribution < -0.4 is 4.72 Å². The molecule has 0 atom stereocenters. The van der Waals surface area contributed by atoms with Crippen molar-refractivity contribution in [2.75, 3.05) is 11.3 Å². The fourth-order valence-corrected chi connectivity index (χ4v) is 2.74. The normalized spacial score (nSPS) is 10.7. The summed E-state index contributed by atoms with van der Waals surface area (Å²) < 4.78 is 31.6. The Hall–Kier alpha value is -2.86. The van der Waals surface area contributed by atoms with E-state index in [0.29, 0.717) is 0 Å². The SMILES string of the molecule is CCOC(=O)c1cn[nH]c1NS(=O)(=O)c1cccc(C#N)c1. The number of aromatic amines is 1. The fraction of sp³-hybridized carbons (Fsp3) is 0.154. The van der Waals surface area contributed by atoms with Crippen molar-refractivity contribution in [3.8, 4) is 6.07 Å². The Morgan fingerprint density at radius 1 is 1.50 bits per heavy atom. The maximum absolute atomic E-state index is 12.3. The molecular formula is C13H12N4O4S. The van der Waals surface area contributed by atoms with Crippen molar-refractivity contribution in [3.05, 3.63) is 41.6 Å². The fourth-order valence-electron chi connectivity index (χ4n) is 1.65. The van der Waals surface area contributed by atoms with Gasteiger partial charge in [0.1, 0.15) is 11.4 Å². The van der Waals surface area contributed by atoms with Gasteiger partial charge in [-0.2, -0.15) is 10.4 Å². The van der Waals surface area contributed by atoms with Gasteiger partial charge in [-0.25, -0.2) is 13.2 Å². The van der Waals surface area contributed by atoms with Crippen molar-refractivity contribution in [1.82, 2.24) is 10.2 Å². The number of esters is 1. The van der Waals surface area contributed by atoms with E-state index in [4.69, 9.17) is 10.00 Å². The minimum Gasteiger partial charge on any atom is -0.462 e. The third kappa shape index (κ3) is 3.24. The summed E-state index contributed by atoms with van der Waals surface area (Å²) in [4.78, 5) is 11.6. The lowest BCUT2D eigenvalue weighted by molar-refractivity contribution is 0.0527. The molecule has 0 saturated carbocycles. The molecular weight excluding hydrogens is 308 g/mol. The van der Waals surface area contributed by atoms with Crippen LogP contribution in [0.15, 0.2) is 35.4 Å². The van der Waals surface area contributed by atoms with E-state index in [0.717, 1.165) is 0 Å². The van der Waals surface area contributed by atoms with Crippen LogP contribution in [0.3, 0.4) is 0 Å². The van der Waals surface area contributed by atoms with Gasteiger partial charge in [-0.1, -0.05) is 6.07 Å². The maximum atomic E-state index is 12.3. The Balaban J connectivity index is 2.32. The minimum atomic E-state index is -3.97. The summed E-state index contributed by atoms with van der Waals surface area (Å²) in [5, 5.41) is 14.8. The van der Waals surface area contributed by atoms with E-state index in [1.165, 1.54) is 30.5 Å². The molecule has 22 heavy (non-hydrogen) atoms. The molecule has 0 fully saturated rings. The molecule has 8 nitrogen and oxygen atoms in total. The summed E-state index contributed by atoms with van der Waals surface area (Å²) in [6.45, 7) is 1.79. The van der Waals surface area contributed by atoms with Crippen LogP contribution >= 0.6 is 0 Å². The highest BCUT2D eigenvalue weighted by Gasteiger charge is 2.21. The highest BCUT2D eigenvalue weighted by molar-refractivity contribution is 7.92. The molecule has 0 saturated heterocycles. The zero-order valence-electron chi connectivity index (χ0n) is 11.5. The van der Waals surface area contributed by atoms with E-state index < -0.39 is 16.0 Å². The van der Waals surface area contributed by atoms with E-state index >= 15 is 0 Å². The second-order valence-electron chi connectivity index (χ2n) is 4.12. The van der Waals surface area contributed by atoms with Crippen molar-refractivity contribution < 1.29 is 17.9 Å². The zero-order chi connectivity index (χ0) is 16.2. The molecule has 0 amide bonds. The van der Waals surface area contributed by atoms with Crippen molar-refractivity contribution in [3.63, 3.8) is 0 Å². The molecule has 1 heterocycles. The second kappa shape index (κ2) is 6.28. The van der Waals surface area contributed by atoms with Crippen molar-refractivity contribution in [1.29, 1.82) is 5.26 Å². The Kier molecular flexibility index (Phi) is 4.43. The maximum Gasteiger partial charge on any atom is 0.343 e. The number of nitrogens with one attached hydrogen (secondary N) is 2. The van der Waals surface area contributed by atoms with E-state index in [2.05, 4.69) is 14.9 Å². The highest BCUT2D eigenvalue weighted by atomic mass is 32.2. The van der Waals surface area contributed by atoms with E-state index in [9.17, 15) is 13.2 Å². The van der Waals surface area contributed by atoms with Gasteiger partial charge < -0.3 is 4.74 Å². The van der Waals surface area contributed by atoms with Crippen molar-refractivity contribution in [2.45, 2.75) is 11.8 Å². The zero-order valence-corrected chi connectivity index (χ0v) is 12.3. The molecule has 0 aliphatic heterocycles. The Morgan fingerprint density at radius 2 is 2.27 bits per heavy atom. The third-order valence-corrected chi connectivity index (χ3v) is 3.99. The smallest absolute Gasteiger partial charge is 0.343 e. The van der Waals surface area contributed by atoms with E-state index in [-0.39, 0.29) is 28.4 Å². The molecule has 0 aliphatic carbocycles. The van der Waals surface area contributed by atoms with Gasteiger partial charge in [-0.15, -0.1) is 0 Å². The number of H-pyrrole nitrogens is 1. The van der Waals surface area contributed by atoms with Crippen LogP contribution in [-0.4, -0.2) is 31.2 Å². The van der Waals surface area contributed by atoms with E-state index in [1.807, 2.05) is 6.07 Å². The van der Waals surface area contributed by atoms with E-state index in [1.54, 1.807) is 6.92 Å². The summed E-state index contributed by atoms with van der Waals surface area (Å²) in [6.07, 6.45) is 1.17. The van der Waals surface area contributed by atoms with Crippen LogP contribution in [0.25, 0.3) is 0 Å². The first-order chi connectivity index (χ1) is 10.5. The van der Waals surface area contributed by atoms with Crippen LogP contribution in [0.2, 0.25) is 0 Å². The number of carbonyl (C=O) groups excluding carboxylic acids is 1. The van der Waals surface area contributed by atoms with Crippen LogP contribution in [0.5, 0.6) is 0 Å². The largest absolute Gasteiger partial charge is 0.462 e. The Bertz CT molecular complexity index is 836. The molecule has 2 rings (SSSR count). The number of sulfonamides is 1. The molecule has 114 valence electrons. The number of rotatable bonds is 5. The number of nitrogens with zero attached hydrogens (tertiary/aromatic N) is 2. The van der Waals surface area contributed by atoms with Crippen LogP contribution in [0.1, 0.15) is 22.8 Å². The average molecular weight is 320 g/mol. The van der Waals surface area contributed by atoms with Crippen LogP contribution in [0.4, 0.5) is 5.82 Å². The molecule has 9 heteroatoms. The molecule has 2 aromatic rings. The third-order valence-electron chi connectivity index (χ3n) is 2.64. The van der Waals surface area contributed by atoms with Crippen LogP contribution in [-0.2, 0) is 14.8 Å².